The molecule has 0 bridgehead atoms. The first-order valence-electron chi connectivity index (χ1n) is 10.0. The minimum absolute atomic E-state index is 0.101. The second-order valence-electron chi connectivity index (χ2n) is 8.18. The second-order valence-corrected chi connectivity index (χ2v) is 8.59. The van der Waals surface area contributed by atoms with Crippen molar-refractivity contribution in [2.45, 2.75) is 6.04 Å². The van der Waals surface area contributed by atoms with Crippen LogP contribution in [0, 0.1) is 17.8 Å². The third-order valence-corrected chi connectivity index (χ3v) is 6.57. The Balaban J connectivity index is 1.54. The van der Waals surface area contributed by atoms with E-state index in [0.29, 0.717) is 33.4 Å². The fourth-order valence-corrected chi connectivity index (χ4v) is 4.69. The summed E-state index contributed by atoms with van der Waals surface area (Å²) in [6.07, 6.45) is 5.71. The molecule has 31 heavy (non-hydrogen) atoms. The maximum absolute atomic E-state index is 11.9. The van der Waals surface area contributed by atoms with Gasteiger partial charge in [-0.25, -0.2) is 9.97 Å². The number of amides is 1. The van der Waals surface area contributed by atoms with Crippen LogP contribution in [0.2, 0.25) is 5.02 Å². The smallest absolute Gasteiger partial charge is 0.223 e. The molecule has 1 amide bonds. The summed E-state index contributed by atoms with van der Waals surface area (Å²) >= 11 is 6.49. The van der Waals surface area contributed by atoms with Gasteiger partial charge in [0.05, 0.1) is 35.5 Å². The Labute approximate surface area is 184 Å². The molecular formula is C22H23ClN6O2. The van der Waals surface area contributed by atoms with Crippen molar-refractivity contribution in [1.29, 1.82) is 0 Å². The number of carbonyl (C=O) groups is 1. The van der Waals surface area contributed by atoms with Crippen LogP contribution in [0.25, 0.3) is 22.6 Å². The van der Waals surface area contributed by atoms with Gasteiger partial charge in [0.1, 0.15) is 17.1 Å². The molecule has 3 aromatic rings. The highest BCUT2D eigenvalue weighted by Gasteiger charge is 2.54. The van der Waals surface area contributed by atoms with E-state index in [2.05, 4.69) is 26.3 Å². The Kier molecular flexibility index (Phi) is 4.55. The van der Waals surface area contributed by atoms with Gasteiger partial charge in [-0.1, -0.05) is 23.8 Å². The van der Waals surface area contributed by atoms with Gasteiger partial charge in [0, 0.05) is 37.8 Å². The number of pyridine rings is 1. The summed E-state index contributed by atoms with van der Waals surface area (Å²) < 4.78 is 5.60. The van der Waals surface area contributed by atoms with E-state index in [-0.39, 0.29) is 29.7 Å². The van der Waals surface area contributed by atoms with E-state index in [1.54, 1.807) is 13.3 Å². The lowest BCUT2D eigenvalue weighted by molar-refractivity contribution is -0.129. The zero-order valence-electron chi connectivity index (χ0n) is 17.4. The van der Waals surface area contributed by atoms with E-state index >= 15 is 0 Å². The number of primary amides is 1. The molecule has 0 spiro atoms. The molecule has 0 aliphatic heterocycles. The Morgan fingerprint density at radius 1 is 1.29 bits per heavy atom. The molecule has 4 atom stereocenters. The zero-order valence-corrected chi connectivity index (χ0v) is 18.1. The molecule has 0 radical (unpaired) electrons. The number of imidazole rings is 1. The van der Waals surface area contributed by atoms with Crippen LogP contribution in [0.3, 0.4) is 0 Å². The van der Waals surface area contributed by atoms with Gasteiger partial charge in [-0.2, -0.15) is 0 Å². The minimum Gasteiger partial charge on any atom is -0.496 e. The number of H-pyrrole nitrogens is 1. The van der Waals surface area contributed by atoms with E-state index < -0.39 is 0 Å². The Morgan fingerprint density at radius 3 is 2.71 bits per heavy atom. The van der Waals surface area contributed by atoms with Gasteiger partial charge in [0.2, 0.25) is 5.91 Å². The predicted octanol–water partition coefficient (Wildman–Crippen LogP) is 3.05. The molecule has 8 nitrogen and oxygen atoms in total. The molecule has 1 saturated carbocycles. The number of carbonyl (C=O) groups excluding carboxylic acids is 1. The topological polar surface area (TPSA) is 109 Å². The van der Waals surface area contributed by atoms with Crippen LogP contribution in [-0.2, 0) is 4.79 Å². The molecule has 1 fully saturated rings. The van der Waals surface area contributed by atoms with Crippen LogP contribution in [0.1, 0.15) is 0 Å². The van der Waals surface area contributed by atoms with Gasteiger partial charge in [-0.3, -0.25) is 4.79 Å². The van der Waals surface area contributed by atoms with Crippen LogP contribution in [0.15, 0.2) is 36.5 Å². The lowest BCUT2D eigenvalue weighted by atomic mass is 9.54. The zero-order chi connectivity index (χ0) is 21.9. The first kappa shape index (κ1) is 19.7. The van der Waals surface area contributed by atoms with Crippen LogP contribution in [0.4, 0.5) is 11.4 Å². The first-order chi connectivity index (χ1) is 14.9. The Hall–Kier alpha value is -3.26. The standard InChI is InChI=1S/C22H23ClN6O2/c1-29(2)10-4-5-13(15(8-10)31-3)21-27-19-18(14(23)9-25-22(19)28-21)26-17-12-7-6-11(12)16(17)20(24)30/h4-9,11-12,16-17H,1-3H3,(H2,24,30)(H2,25,26,27,28)/t11?,12-,16-,17+/m0/s1. The van der Waals surface area contributed by atoms with E-state index in [1.807, 2.05) is 43.3 Å². The van der Waals surface area contributed by atoms with Gasteiger partial charge in [-0.05, 0) is 18.1 Å². The number of nitrogens with two attached hydrogens (primary N) is 1. The minimum atomic E-state index is -0.305. The number of hydrogen-bond acceptors (Lipinski definition) is 6. The molecule has 5 rings (SSSR count). The number of nitrogens with one attached hydrogen (secondary N) is 2. The van der Waals surface area contributed by atoms with Crippen molar-refractivity contribution in [1.82, 2.24) is 15.0 Å². The molecule has 0 saturated heterocycles. The number of anilines is 2. The van der Waals surface area contributed by atoms with Crippen LogP contribution in [0.5, 0.6) is 5.75 Å². The van der Waals surface area contributed by atoms with Crippen molar-refractivity contribution in [3.8, 4) is 17.1 Å². The molecule has 9 heteroatoms. The fraction of sp³-hybridized carbons (Fsp3) is 0.318. The third-order valence-electron chi connectivity index (χ3n) is 6.29. The fourth-order valence-electron chi connectivity index (χ4n) is 4.49. The highest BCUT2D eigenvalue weighted by Crippen LogP contribution is 2.50. The maximum Gasteiger partial charge on any atom is 0.223 e. The highest BCUT2D eigenvalue weighted by atomic mass is 35.5. The van der Waals surface area contributed by atoms with Crippen molar-refractivity contribution >= 4 is 40.0 Å². The predicted molar refractivity (Wildman–Crippen MR) is 121 cm³/mol. The number of nitrogens with zero attached hydrogens (tertiary/aromatic N) is 3. The number of aromatic nitrogens is 3. The van der Waals surface area contributed by atoms with Crippen molar-refractivity contribution < 1.29 is 9.53 Å². The summed E-state index contributed by atoms with van der Waals surface area (Å²) in [4.78, 5) is 26.3. The summed E-state index contributed by atoms with van der Waals surface area (Å²) in [6, 6.07) is 5.81. The molecule has 1 aromatic carbocycles. The SMILES string of the molecule is COc1cc(N(C)C)ccc1-c1nc2ncc(Cl)c(N[C@@H]3[C@H]4C=CC4[C@@H]3C(N)=O)c2[nH]1. The van der Waals surface area contributed by atoms with Crippen LogP contribution < -0.4 is 20.7 Å². The number of benzene rings is 1. The molecule has 1 unspecified atom stereocenters. The molecule has 2 heterocycles. The molecule has 160 valence electrons. The normalized spacial score (nSPS) is 23.6. The van der Waals surface area contributed by atoms with Crippen molar-refractivity contribution in [3.05, 3.63) is 41.6 Å². The number of hydrogen-bond donors (Lipinski definition) is 3. The first-order valence-corrected chi connectivity index (χ1v) is 10.4. The Morgan fingerprint density at radius 2 is 2.06 bits per heavy atom. The molecular weight excluding hydrogens is 416 g/mol. The number of ether oxygens (including phenoxy) is 1. The summed E-state index contributed by atoms with van der Waals surface area (Å²) in [5, 5.41) is 3.89. The highest BCUT2D eigenvalue weighted by molar-refractivity contribution is 6.34. The largest absolute Gasteiger partial charge is 0.496 e. The van der Waals surface area contributed by atoms with E-state index in [9.17, 15) is 4.79 Å². The molecule has 2 aliphatic carbocycles. The lowest BCUT2D eigenvalue weighted by Crippen LogP contribution is -2.61. The summed E-state index contributed by atoms with van der Waals surface area (Å²) in [6.45, 7) is 0. The van der Waals surface area contributed by atoms with Gasteiger partial charge >= 0.3 is 0 Å². The number of allylic oxidation sites excluding steroid dienone is 1. The van der Waals surface area contributed by atoms with Crippen molar-refractivity contribution in [2.75, 3.05) is 31.4 Å². The summed E-state index contributed by atoms with van der Waals surface area (Å²) in [5.74, 6) is 1.24. The van der Waals surface area contributed by atoms with E-state index in [4.69, 9.17) is 22.1 Å². The van der Waals surface area contributed by atoms with Crippen LogP contribution >= 0.6 is 11.6 Å². The third kappa shape index (κ3) is 3.01. The van der Waals surface area contributed by atoms with Crippen molar-refractivity contribution in [2.24, 2.45) is 23.5 Å². The monoisotopic (exact) mass is 438 g/mol. The lowest BCUT2D eigenvalue weighted by Gasteiger charge is -2.53. The number of rotatable bonds is 6. The van der Waals surface area contributed by atoms with Gasteiger partial charge in [0.25, 0.3) is 0 Å². The summed E-state index contributed by atoms with van der Waals surface area (Å²) in [7, 11) is 5.58. The van der Waals surface area contributed by atoms with Gasteiger partial charge in [0.15, 0.2) is 5.65 Å². The number of methoxy groups -OCH3 is 1. The van der Waals surface area contributed by atoms with E-state index in [0.717, 1.165) is 11.3 Å². The second kappa shape index (κ2) is 7.16. The van der Waals surface area contributed by atoms with E-state index in [1.165, 1.54) is 0 Å². The van der Waals surface area contributed by atoms with Gasteiger partial charge < -0.3 is 25.7 Å². The number of halogens is 1. The number of fused-ring (bicyclic) bond motifs is 2. The number of aromatic amines is 1. The molecule has 2 aromatic heterocycles. The molecule has 4 N–H and O–H groups in total. The quantitative estimate of drug-likeness (QED) is 0.510. The summed E-state index contributed by atoms with van der Waals surface area (Å²) in [5.41, 5.74) is 9.33. The van der Waals surface area contributed by atoms with Crippen LogP contribution in [-0.4, -0.2) is 48.1 Å². The Bertz CT molecular complexity index is 1220. The van der Waals surface area contributed by atoms with Crippen molar-refractivity contribution in [3.63, 3.8) is 0 Å². The average Bonchev–Trinajstić information content (AvgIpc) is 3.15. The molecule has 2 aliphatic rings. The average molecular weight is 439 g/mol. The van der Waals surface area contributed by atoms with Gasteiger partial charge in [-0.15, -0.1) is 0 Å². The maximum atomic E-state index is 11.9.